The number of nitrogens with zero attached hydrogens (tertiary/aromatic N) is 1. The van der Waals surface area contributed by atoms with Crippen LogP contribution in [0.4, 0.5) is 0 Å². The number of benzene rings is 1. The molecule has 0 amide bonds. The van der Waals surface area contributed by atoms with E-state index in [1.807, 2.05) is 37.3 Å². The van der Waals surface area contributed by atoms with E-state index in [-0.39, 0.29) is 18.4 Å². The van der Waals surface area contributed by atoms with Crippen molar-refractivity contribution in [2.24, 2.45) is 0 Å². The van der Waals surface area contributed by atoms with Crippen molar-refractivity contribution < 1.29 is 28.5 Å². The number of rotatable bonds is 11. The van der Waals surface area contributed by atoms with Crippen molar-refractivity contribution >= 4 is 11.9 Å². The lowest BCUT2D eigenvalue weighted by Crippen LogP contribution is -2.42. The van der Waals surface area contributed by atoms with Gasteiger partial charge in [-0.3, -0.25) is 19.9 Å². The predicted molar refractivity (Wildman–Crippen MR) is 131 cm³/mol. The number of esters is 2. The number of hydrogen-bond acceptors (Lipinski definition) is 8. The molecule has 8 nitrogen and oxygen atoms in total. The summed E-state index contributed by atoms with van der Waals surface area (Å²) in [6.45, 7) is 5.13. The Morgan fingerprint density at radius 3 is 2.54 bits per heavy atom. The summed E-state index contributed by atoms with van der Waals surface area (Å²) in [5.41, 5.74) is 1.54. The van der Waals surface area contributed by atoms with Crippen molar-refractivity contribution in [1.82, 2.24) is 10.3 Å². The van der Waals surface area contributed by atoms with Crippen LogP contribution in [0.25, 0.3) is 0 Å². The van der Waals surface area contributed by atoms with E-state index >= 15 is 0 Å². The molecule has 3 atom stereocenters. The molecule has 1 aromatic carbocycles. The number of ether oxygens (including phenoxy) is 4. The van der Waals surface area contributed by atoms with Crippen molar-refractivity contribution in [3.05, 3.63) is 59.9 Å². The Kier molecular flexibility index (Phi) is 9.66. The predicted octanol–water partition coefficient (Wildman–Crippen LogP) is 4.37. The zero-order valence-electron chi connectivity index (χ0n) is 20.8. The fourth-order valence-electron chi connectivity index (χ4n) is 3.94. The van der Waals surface area contributed by atoms with Gasteiger partial charge in [0.15, 0.2) is 17.6 Å². The number of aromatic nitrogens is 1. The van der Waals surface area contributed by atoms with Gasteiger partial charge in [0.1, 0.15) is 23.6 Å². The number of allylic oxidation sites excluding steroid dienone is 1. The Bertz CT molecular complexity index is 1020. The largest absolute Gasteiger partial charge is 0.493 e. The highest BCUT2D eigenvalue weighted by Crippen LogP contribution is 2.30. The van der Waals surface area contributed by atoms with Crippen LogP contribution in [0.5, 0.6) is 17.2 Å². The zero-order valence-corrected chi connectivity index (χ0v) is 20.8. The number of para-hydroxylation sites is 1. The first-order valence-electron chi connectivity index (χ1n) is 11.9. The molecule has 1 heterocycles. The van der Waals surface area contributed by atoms with Crippen molar-refractivity contribution in [2.45, 2.75) is 71.2 Å². The normalized spacial score (nSPS) is 15.8. The van der Waals surface area contributed by atoms with Gasteiger partial charge in [-0.15, -0.1) is 0 Å². The lowest BCUT2D eigenvalue weighted by Gasteiger charge is -2.30. The number of carbonyl (C=O) groups excluding carboxylic acids is 2. The average Bonchev–Trinajstić information content (AvgIpc) is 2.87. The molecule has 35 heavy (non-hydrogen) atoms. The molecule has 188 valence electrons. The monoisotopic (exact) mass is 482 g/mol. The van der Waals surface area contributed by atoms with Crippen molar-refractivity contribution in [1.29, 1.82) is 0 Å². The Balaban J connectivity index is 1.68. The van der Waals surface area contributed by atoms with Gasteiger partial charge in [0.2, 0.25) is 0 Å². The third kappa shape index (κ3) is 7.55. The van der Waals surface area contributed by atoms with Crippen LogP contribution in [0.1, 0.15) is 52.1 Å². The molecule has 8 heteroatoms. The highest BCUT2D eigenvalue weighted by molar-refractivity contribution is 5.76. The number of nitrogens with one attached hydrogen (secondary N) is 1. The summed E-state index contributed by atoms with van der Waals surface area (Å²) in [7, 11) is 1.48. The minimum absolute atomic E-state index is 0.180. The summed E-state index contributed by atoms with van der Waals surface area (Å²) in [5, 5.41) is 3.12. The van der Waals surface area contributed by atoms with Gasteiger partial charge < -0.3 is 18.9 Å². The Morgan fingerprint density at radius 2 is 1.89 bits per heavy atom. The standard InChI is InChI=1S/C27H34N2O6/c1-18(29-17-23-26(34-20(3)30)24(32-4)15-16-28-23)27(31)35-25(21-11-7-5-8-12-21)19(2)33-22-13-9-6-10-14-22/h6,9-11,13-16,18-19,25,29H,5,7-8,12,17H2,1-4H3/t18-,19-,25+/m0/s1. The third-order valence-corrected chi connectivity index (χ3v) is 5.76. The van der Waals surface area contributed by atoms with Gasteiger partial charge in [-0.05, 0) is 57.2 Å². The Labute approximate surface area is 206 Å². The van der Waals surface area contributed by atoms with Crippen molar-refractivity contribution in [3.63, 3.8) is 0 Å². The number of pyridine rings is 1. The highest BCUT2D eigenvalue weighted by atomic mass is 16.6. The number of carbonyl (C=O) groups is 2. The van der Waals surface area contributed by atoms with E-state index in [0.717, 1.165) is 37.0 Å². The maximum absolute atomic E-state index is 13.1. The van der Waals surface area contributed by atoms with E-state index in [1.165, 1.54) is 14.0 Å². The quantitative estimate of drug-likeness (QED) is 0.373. The molecule has 0 saturated heterocycles. The minimum atomic E-state index is -0.635. The zero-order chi connectivity index (χ0) is 25.2. The summed E-state index contributed by atoms with van der Waals surface area (Å²) < 4.78 is 22.7. The molecule has 0 spiro atoms. The van der Waals surface area contributed by atoms with Crippen LogP contribution >= 0.6 is 0 Å². The SMILES string of the molecule is COc1ccnc(CN[C@@H](C)C(=O)O[C@@H](C2=CCCCC2)[C@H](C)Oc2ccccc2)c1OC(C)=O. The van der Waals surface area contributed by atoms with E-state index in [2.05, 4.69) is 16.4 Å². The smallest absolute Gasteiger partial charge is 0.323 e. The molecule has 0 radical (unpaired) electrons. The molecule has 3 rings (SSSR count). The van der Waals surface area contributed by atoms with Gasteiger partial charge in [0.05, 0.1) is 7.11 Å². The number of methoxy groups -OCH3 is 1. The van der Waals surface area contributed by atoms with Crippen LogP contribution in [-0.4, -0.2) is 42.3 Å². The summed E-state index contributed by atoms with van der Waals surface area (Å²) >= 11 is 0. The molecular formula is C27H34N2O6. The first-order chi connectivity index (χ1) is 16.9. The van der Waals surface area contributed by atoms with Gasteiger partial charge in [0.25, 0.3) is 0 Å². The molecule has 1 aromatic heterocycles. The fraction of sp³-hybridized carbons (Fsp3) is 0.444. The van der Waals surface area contributed by atoms with Crippen LogP contribution in [-0.2, 0) is 20.9 Å². The van der Waals surface area contributed by atoms with Gasteiger partial charge >= 0.3 is 11.9 Å². The highest BCUT2D eigenvalue weighted by Gasteiger charge is 2.30. The third-order valence-electron chi connectivity index (χ3n) is 5.76. The molecule has 0 bridgehead atoms. The second-order valence-electron chi connectivity index (χ2n) is 8.50. The molecule has 0 unspecified atom stereocenters. The second kappa shape index (κ2) is 12.9. The first kappa shape index (κ1) is 26.2. The van der Waals surface area contributed by atoms with E-state index in [0.29, 0.717) is 11.4 Å². The Morgan fingerprint density at radius 1 is 1.11 bits per heavy atom. The van der Waals surface area contributed by atoms with Gasteiger partial charge in [-0.2, -0.15) is 0 Å². The summed E-state index contributed by atoms with van der Waals surface area (Å²) in [6, 6.07) is 10.5. The van der Waals surface area contributed by atoms with E-state index in [9.17, 15) is 9.59 Å². The lowest BCUT2D eigenvalue weighted by molar-refractivity contribution is -0.153. The molecule has 0 fully saturated rings. The topological polar surface area (TPSA) is 96.0 Å². The molecule has 0 aliphatic heterocycles. The number of hydrogen-bond donors (Lipinski definition) is 1. The molecule has 1 N–H and O–H groups in total. The van der Waals surface area contributed by atoms with E-state index in [1.54, 1.807) is 19.2 Å². The van der Waals surface area contributed by atoms with Gasteiger partial charge in [0, 0.05) is 25.7 Å². The van der Waals surface area contributed by atoms with Crippen LogP contribution in [0.15, 0.2) is 54.2 Å². The summed E-state index contributed by atoms with van der Waals surface area (Å²) in [4.78, 5) is 28.9. The average molecular weight is 483 g/mol. The maximum Gasteiger partial charge on any atom is 0.323 e. The van der Waals surface area contributed by atoms with Crippen molar-refractivity contribution in [2.75, 3.05) is 7.11 Å². The van der Waals surface area contributed by atoms with Crippen molar-refractivity contribution in [3.8, 4) is 17.2 Å². The molecule has 2 aromatic rings. The van der Waals surface area contributed by atoms with Crippen LogP contribution in [0.2, 0.25) is 0 Å². The van der Waals surface area contributed by atoms with Gasteiger partial charge in [-0.25, -0.2) is 0 Å². The lowest BCUT2D eigenvalue weighted by atomic mass is 9.93. The van der Waals surface area contributed by atoms with E-state index < -0.39 is 24.1 Å². The minimum Gasteiger partial charge on any atom is -0.493 e. The fourth-order valence-corrected chi connectivity index (χ4v) is 3.94. The molecular weight excluding hydrogens is 448 g/mol. The van der Waals surface area contributed by atoms with Crippen LogP contribution < -0.4 is 19.5 Å². The molecule has 0 saturated carbocycles. The first-order valence-corrected chi connectivity index (χ1v) is 11.9. The molecule has 1 aliphatic rings. The Hall–Kier alpha value is -3.39. The van der Waals surface area contributed by atoms with Crippen LogP contribution in [0, 0.1) is 0 Å². The maximum atomic E-state index is 13.1. The second-order valence-corrected chi connectivity index (χ2v) is 8.50. The molecule has 1 aliphatic carbocycles. The summed E-state index contributed by atoms with van der Waals surface area (Å²) in [6.07, 6.45) is 6.92. The van der Waals surface area contributed by atoms with Gasteiger partial charge in [-0.1, -0.05) is 24.3 Å². The van der Waals surface area contributed by atoms with Crippen LogP contribution in [0.3, 0.4) is 0 Å². The summed E-state index contributed by atoms with van der Waals surface area (Å²) in [5.74, 6) is 0.456. The van der Waals surface area contributed by atoms with E-state index in [4.69, 9.17) is 18.9 Å².